The Morgan fingerprint density at radius 3 is 2.73 bits per heavy atom. The molecule has 0 aliphatic heterocycles. The number of carbonyl (C=O) groups is 1. The summed E-state index contributed by atoms with van der Waals surface area (Å²) in [5.41, 5.74) is 3.50. The van der Waals surface area contributed by atoms with E-state index in [4.69, 9.17) is 0 Å². The van der Waals surface area contributed by atoms with Crippen molar-refractivity contribution in [1.29, 1.82) is 0 Å². The van der Waals surface area contributed by atoms with Gasteiger partial charge in [0.2, 0.25) is 0 Å². The maximum atomic E-state index is 14.0. The molecule has 1 amide bonds. The van der Waals surface area contributed by atoms with Gasteiger partial charge >= 0.3 is 0 Å². The number of benzene rings is 2. The normalized spacial score (nSPS) is 11.0. The van der Waals surface area contributed by atoms with Crippen LogP contribution in [0.5, 0.6) is 0 Å². The summed E-state index contributed by atoms with van der Waals surface area (Å²) in [6.07, 6.45) is 1.82. The van der Waals surface area contributed by atoms with Gasteiger partial charge in [-0.15, -0.1) is 11.3 Å². The predicted molar refractivity (Wildman–Crippen MR) is 105 cm³/mol. The zero-order valence-electron chi connectivity index (χ0n) is 13.7. The second kappa shape index (κ2) is 6.66. The van der Waals surface area contributed by atoms with Crippen molar-refractivity contribution in [3.8, 4) is 11.3 Å². The minimum Gasteiger partial charge on any atom is -0.318 e. The Labute approximate surface area is 161 Å². The molecule has 4 aromatic rings. The summed E-state index contributed by atoms with van der Waals surface area (Å²) < 4.78 is 16.3. The van der Waals surface area contributed by atoms with Crippen LogP contribution in [0.15, 0.2) is 58.5 Å². The van der Waals surface area contributed by atoms with Crippen LogP contribution in [0.2, 0.25) is 0 Å². The molecule has 0 fully saturated rings. The molecule has 0 aliphatic rings. The monoisotopic (exact) mass is 429 g/mol. The molecule has 0 radical (unpaired) electrons. The molecule has 0 spiro atoms. The van der Waals surface area contributed by atoms with E-state index in [1.165, 1.54) is 29.0 Å². The van der Waals surface area contributed by atoms with Crippen molar-refractivity contribution in [2.75, 3.05) is 5.32 Å². The van der Waals surface area contributed by atoms with E-state index in [-0.39, 0.29) is 11.6 Å². The fourth-order valence-corrected chi connectivity index (χ4v) is 3.77. The zero-order valence-corrected chi connectivity index (χ0v) is 16.1. The Hall–Kier alpha value is -2.51. The van der Waals surface area contributed by atoms with E-state index in [2.05, 4.69) is 26.2 Å². The van der Waals surface area contributed by atoms with Crippen LogP contribution < -0.4 is 5.32 Å². The van der Waals surface area contributed by atoms with Gasteiger partial charge in [-0.25, -0.2) is 9.37 Å². The quantitative estimate of drug-likeness (QED) is 0.465. The van der Waals surface area contributed by atoms with E-state index in [9.17, 15) is 9.18 Å². The van der Waals surface area contributed by atoms with Crippen molar-refractivity contribution < 1.29 is 9.18 Å². The molecule has 4 nitrogen and oxygen atoms in total. The smallest absolute Gasteiger partial charge is 0.273 e. The summed E-state index contributed by atoms with van der Waals surface area (Å²) in [7, 11) is 0. The highest BCUT2D eigenvalue weighted by atomic mass is 79.9. The number of imidazole rings is 1. The first-order valence-electron chi connectivity index (χ1n) is 7.81. The number of aromatic nitrogens is 2. The van der Waals surface area contributed by atoms with Crippen LogP contribution >= 0.6 is 27.3 Å². The van der Waals surface area contributed by atoms with Crippen LogP contribution in [0.4, 0.5) is 10.1 Å². The number of fused-ring (bicyclic) bond motifs is 1. The van der Waals surface area contributed by atoms with Crippen LogP contribution in [-0.2, 0) is 0 Å². The third kappa shape index (κ3) is 3.15. The van der Waals surface area contributed by atoms with Crippen molar-refractivity contribution in [2.45, 2.75) is 6.92 Å². The van der Waals surface area contributed by atoms with Crippen molar-refractivity contribution in [2.24, 2.45) is 0 Å². The van der Waals surface area contributed by atoms with E-state index in [1.54, 1.807) is 15.8 Å². The summed E-state index contributed by atoms with van der Waals surface area (Å²) in [4.78, 5) is 17.9. The van der Waals surface area contributed by atoms with E-state index in [1.807, 2.05) is 37.4 Å². The number of carbonyl (C=O) groups excluding carboxylic acids is 1. The number of rotatable bonds is 3. The number of halogens is 2. The third-order valence-electron chi connectivity index (χ3n) is 3.97. The number of hydrogen-bond donors (Lipinski definition) is 1. The highest BCUT2D eigenvalue weighted by Gasteiger charge is 2.16. The Morgan fingerprint density at radius 1 is 1.23 bits per heavy atom. The minimum absolute atomic E-state index is 0.136. The molecule has 7 heteroatoms. The lowest BCUT2D eigenvalue weighted by Crippen LogP contribution is -2.14. The Bertz CT molecular complexity index is 1120. The molecule has 0 unspecified atom stereocenters. The van der Waals surface area contributed by atoms with Crippen molar-refractivity contribution in [3.05, 3.63) is 75.6 Å². The van der Waals surface area contributed by atoms with Gasteiger partial charge < -0.3 is 5.32 Å². The van der Waals surface area contributed by atoms with Crippen LogP contribution in [-0.4, -0.2) is 15.3 Å². The molecule has 0 atom stereocenters. The van der Waals surface area contributed by atoms with Crippen LogP contribution in [0, 0.1) is 12.7 Å². The van der Waals surface area contributed by atoms with E-state index in [0.717, 1.165) is 11.3 Å². The predicted octanol–water partition coefficient (Wildman–Crippen LogP) is 5.53. The zero-order chi connectivity index (χ0) is 18.3. The average molecular weight is 430 g/mol. The topological polar surface area (TPSA) is 46.4 Å². The van der Waals surface area contributed by atoms with Gasteiger partial charge in [0.1, 0.15) is 11.5 Å². The average Bonchev–Trinajstić information content (AvgIpc) is 3.18. The standard InChI is InChI=1S/C19H13BrFN3OS/c1-11-2-4-12(5-3-11)16-9-24-17(10-26-19(24)23-16)18(25)22-15-7-6-13(20)8-14(15)21/h2-10H,1H3,(H,22,25). The van der Waals surface area contributed by atoms with Gasteiger partial charge in [-0.2, -0.15) is 0 Å². The number of aryl methyl sites for hydroxylation is 1. The van der Waals surface area contributed by atoms with E-state index in [0.29, 0.717) is 15.1 Å². The van der Waals surface area contributed by atoms with Gasteiger partial charge in [0.25, 0.3) is 5.91 Å². The van der Waals surface area contributed by atoms with Gasteiger partial charge in [0.15, 0.2) is 4.96 Å². The number of thiazole rings is 1. The molecule has 0 saturated heterocycles. The number of hydrogen-bond acceptors (Lipinski definition) is 3. The van der Waals surface area contributed by atoms with Crippen LogP contribution in [0.3, 0.4) is 0 Å². The van der Waals surface area contributed by atoms with Gasteiger partial charge in [-0.1, -0.05) is 45.8 Å². The lowest BCUT2D eigenvalue weighted by molar-refractivity contribution is 0.102. The first-order valence-corrected chi connectivity index (χ1v) is 9.48. The highest BCUT2D eigenvalue weighted by molar-refractivity contribution is 9.10. The van der Waals surface area contributed by atoms with E-state index < -0.39 is 5.82 Å². The Kier molecular flexibility index (Phi) is 4.34. The lowest BCUT2D eigenvalue weighted by Gasteiger charge is -2.06. The lowest BCUT2D eigenvalue weighted by atomic mass is 10.1. The number of nitrogens with zero attached hydrogens (tertiary/aromatic N) is 2. The number of amides is 1. The SMILES string of the molecule is Cc1ccc(-c2cn3c(C(=O)Nc4ccc(Br)cc4F)csc3n2)cc1. The summed E-state index contributed by atoms with van der Waals surface area (Å²) in [6.45, 7) is 2.03. The highest BCUT2D eigenvalue weighted by Crippen LogP contribution is 2.25. The maximum absolute atomic E-state index is 14.0. The largest absolute Gasteiger partial charge is 0.318 e. The molecule has 2 aromatic carbocycles. The molecule has 4 rings (SSSR count). The summed E-state index contributed by atoms with van der Waals surface area (Å²) in [5.74, 6) is -0.879. The van der Waals surface area contributed by atoms with Crippen molar-refractivity contribution >= 4 is 43.8 Å². The van der Waals surface area contributed by atoms with Crippen LogP contribution in [0.1, 0.15) is 16.1 Å². The molecule has 1 N–H and O–H groups in total. The summed E-state index contributed by atoms with van der Waals surface area (Å²) in [6, 6.07) is 12.5. The molecular formula is C19H13BrFN3OS. The molecule has 2 aromatic heterocycles. The number of anilines is 1. The second-order valence-corrected chi connectivity index (χ2v) is 7.60. The Morgan fingerprint density at radius 2 is 2.00 bits per heavy atom. The fraction of sp³-hybridized carbons (Fsp3) is 0.0526. The third-order valence-corrected chi connectivity index (χ3v) is 5.30. The molecule has 0 bridgehead atoms. The molecule has 130 valence electrons. The molecule has 26 heavy (non-hydrogen) atoms. The molecular weight excluding hydrogens is 417 g/mol. The van der Waals surface area contributed by atoms with Gasteiger partial charge in [0.05, 0.1) is 11.4 Å². The fourth-order valence-electron chi connectivity index (χ4n) is 2.59. The second-order valence-electron chi connectivity index (χ2n) is 5.84. The first-order chi connectivity index (χ1) is 12.5. The molecule has 0 saturated carbocycles. The molecule has 0 aliphatic carbocycles. The van der Waals surface area contributed by atoms with E-state index >= 15 is 0 Å². The van der Waals surface area contributed by atoms with Gasteiger partial charge in [0, 0.05) is 21.6 Å². The first kappa shape index (κ1) is 16.9. The summed E-state index contributed by atoms with van der Waals surface area (Å²) >= 11 is 4.57. The minimum atomic E-state index is -0.495. The maximum Gasteiger partial charge on any atom is 0.273 e. The van der Waals surface area contributed by atoms with Crippen molar-refractivity contribution in [3.63, 3.8) is 0 Å². The van der Waals surface area contributed by atoms with Gasteiger partial charge in [-0.3, -0.25) is 9.20 Å². The molecule has 2 heterocycles. The Balaban J connectivity index is 1.66. The summed E-state index contributed by atoms with van der Waals surface area (Å²) in [5, 5.41) is 4.33. The number of nitrogens with one attached hydrogen (secondary N) is 1. The van der Waals surface area contributed by atoms with Crippen LogP contribution in [0.25, 0.3) is 16.2 Å². The van der Waals surface area contributed by atoms with Gasteiger partial charge in [-0.05, 0) is 25.1 Å². The van der Waals surface area contributed by atoms with Crippen molar-refractivity contribution in [1.82, 2.24) is 9.38 Å².